The van der Waals surface area contributed by atoms with Gasteiger partial charge in [0.1, 0.15) is 0 Å². The molecule has 0 bridgehead atoms. The molecular formula is C13H20ClN3O3S. The van der Waals surface area contributed by atoms with E-state index in [1.54, 1.807) is 23.1 Å². The van der Waals surface area contributed by atoms with Crippen LogP contribution >= 0.6 is 12.4 Å². The van der Waals surface area contributed by atoms with Crippen LogP contribution in [0.2, 0.25) is 0 Å². The number of hydrogen-bond donors (Lipinski definition) is 2. The molecule has 0 spiro atoms. The zero-order chi connectivity index (χ0) is 14.9. The highest BCUT2D eigenvalue weighted by Gasteiger charge is 2.26. The Morgan fingerprint density at radius 3 is 2.62 bits per heavy atom. The minimum atomic E-state index is -3.43. The van der Waals surface area contributed by atoms with Crippen molar-refractivity contribution in [3.8, 4) is 0 Å². The lowest BCUT2D eigenvalue weighted by molar-refractivity contribution is 0.0792. The molecule has 0 aromatic heterocycles. The van der Waals surface area contributed by atoms with Crippen molar-refractivity contribution in [2.24, 2.45) is 5.73 Å². The van der Waals surface area contributed by atoms with Crippen LogP contribution in [0.3, 0.4) is 0 Å². The molecule has 2 rings (SSSR count). The number of benzene rings is 1. The fraction of sp³-hybridized carbons (Fsp3) is 0.462. The van der Waals surface area contributed by atoms with E-state index >= 15 is 0 Å². The molecule has 118 valence electrons. The second kappa shape index (κ2) is 6.64. The molecule has 0 radical (unpaired) electrons. The van der Waals surface area contributed by atoms with E-state index in [1.165, 1.54) is 0 Å². The van der Waals surface area contributed by atoms with E-state index in [1.807, 2.05) is 6.92 Å². The summed E-state index contributed by atoms with van der Waals surface area (Å²) in [4.78, 5) is 14.1. The number of carbonyl (C=O) groups excluding carboxylic acids is 1. The second-order valence-electron chi connectivity index (χ2n) is 5.22. The molecule has 1 amide bonds. The van der Waals surface area contributed by atoms with E-state index < -0.39 is 10.0 Å². The number of aryl methyl sites for hydroxylation is 1. The molecule has 1 heterocycles. The lowest BCUT2D eigenvalue weighted by atomic mass is 10.1. The van der Waals surface area contributed by atoms with Crippen LogP contribution in [0.25, 0.3) is 0 Å². The Morgan fingerprint density at radius 2 is 2.10 bits per heavy atom. The normalized spacial score (nSPS) is 18.2. The lowest BCUT2D eigenvalue weighted by Gasteiger charge is -2.18. The molecule has 1 fully saturated rings. The van der Waals surface area contributed by atoms with Gasteiger partial charge in [0.25, 0.3) is 5.91 Å². The first-order chi connectivity index (χ1) is 9.26. The van der Waals surface area contributed by atoms with Crippen molar-refractivity contribution in [2.75, 3.05) is 24.1 Å². The van der Waals surface area contributed by atoms with Crippen LogP contribution in [0.1, 0.15) is 22.3 Å². The van der Waals surface area contributed by atoms with Crippen molar-refractivity contribution in [1.82, 2.24) is 4.90 Å². The van der Waals surface area contributed by atoms with Gasteiger partial charge in [0, 0.05) is 19.1 Å². The molecular weight excluding hydrogens is 314 g/mol. The number of carbonyl (C=O) groups is 1. The number of nitrogens with two attached hydrogens (primary N) is 1. The Balaban J connectivity index is 0.00000220. The van der Waals surface area contributed by atoms with Crippen molar-refractivity contribution >= 4 is 34.0 Å². The van der Waals surface area contributed by atoms with E-state index in [9.17, 15) is 13.2 Å². The van der Waals surface area contributed by atoms with Gasteiger partial charge < -0.3 is 10.6 Å². The van der Waals surface area contributed by atoms with Crippen LogP contribution in [-0.2, 0) is 10.0 Å². The quantitative estimate of drug-likeness (QED) is 0.861. The fourth-order valence-electron chi connectivity index (χ4n) is 2.27. The maximum Gasteiger partial charge on any atom is 0.256 e. The predicted octanol–water partition coefficient (Wildman–Crippen LogP) is 0.962. The van der Waals surface area contributed by atoms with Gasteiger partial charge in [-0.05, 0) is 25.5 Å². The van der Waals surface area contributed by atoms with Gasteiger partial charge in [-0.1, -0.05) is 11.6 Å². The summed E-state index contributed by atoms with van der Waals surface area (Å²) in [6, 6.07) is 5.06. The van der Waals surface area contributed by atoms with Gasteiger partial charge in [-0.3, -0.25) is 9.52 Å². The minimum absolute atomic E-state index is 0. The molecule has 0 aliphatic carbocycles. The highest BCUT2D eigenvalue weighted by atomic mass is 35.5. The number of hydrogen-bond acceptors (Lipinski definition) is 4. The zero-order valence-electron chi connectivity index (χ0n) is 12.0. The smallest absolute Gasteiger partial charge is 0.256 e. The molecule has 21 heavy (non-hydrogen) atoms. The first-order valence-electron chi connectivity index (χ1n) is 6.39. The van der Waals surface area contributed by atoms with Crippen LogP contribution in [-0.4, -0.2) is 44.6 Å². The minimum Gasteiger partial charge on any atom is -0.337 e. The molecule has 1 aromatic rings. The van der Waals surface area contributed by atoms with Crippen molar-refractivity contribution in [3.05, 3.63) is 29.3 Å². The summed E-state index contributed by atoms with van der Waals surface area (Å²) >= 11 is 0. The molecule has 1 atom stereocenters. The molecule has 0 unspecified atom stereocenters. The van der Waals surface area contributed by atoms with Crippen LogP contribution in [0, 0.1) is 6.92 Å². The number of rotatable bonds is 3. The van der Waals surface area contributed by atoms with Crippen LogP contribution in [0.4, 0.5) is 5.69 Å². The summed E-state index contributed by atoms with van der Waals surface area (Å²) in [5.74, 6) is -0.187. The third-order valence-corrected chi connectivity index (χ3v) is 3.80. The summed E-state index contributed by atoms with van der Waals surface area (Å²) in [6.45, 7) is 2.97. The zero-order valence-corrected chi connectivity index (χ0v) is 13.6. The molecule has 0 saturated carbocycles. The van der Waals surface area contributed by atoms with Gasteiger partial charge >= 0.3 is 0 Å². The molecule has 6 nitrogen and oxygen atoms in total. The summed E-state index contributed by atoms with van der Waals surface area (Å²) in [5.41, 5.74) is 7.38. The average molecular weight is 334 g/mol. The maximum absolute atomic E-state index is 12.5. The summed E-state index contributed by atoms with van der Waals surface area (Å²) in [7, 11) is -3.43. The predicted molar refractivity (Wildman–Crippen MR) is 85.4 cm³/mol. The molecule has 1 aliphatic rings. The number of nitrogens with one attached hydrogen (secondary N) is 1. The van der Waals surface area contributed by atoms with Gasteiger partial charge in [-0.2, -0.15) is 0 Å². The molecule has 3 N–H and O–H groups in total. The lowest BCUT2D eigenvalue weighted by Crippen LogP contribution is -2.32. The number of halogens is 1. The van der Waals surface area contributed by atoms with Gasteiger partial charge in [-0.25, -0.2) is 8.42 Å². The Kier molecular flexibility index (Phi) is 5.61. The van der Waals surface area contributed by atoms with E-state index in [4.69, 9.17) is 5.73 Å². The highest BCUT2D eigenvalue weighted by molar-refractivity contribution is 7.92. The molecule has 1 saturated heterocycles. The Morgan fingerprint density at radius 1 is 1.43 bits per heavy atom. The first-order valence-corrected chi connectivity index (χ1v) is 8.29. The van der Waals surface area contributed by atoms with E-state index in [2.05, 4.69) is 4.72 Å². The largest absolute Gasteiger partial charge is 0.337 e. The Hall–Kier alpha value is -1.31. The maximum atomic E-state index is 12.5. The van der Waals surface area contributed by atoms with Gasteiger partial charge in [0.15, 0.2) is 0 Å². The van der Waals surface area contributed by atoms with Crippen molar-refractivity contribution in [3.63, 3.8) is 0 Å². The van der Waals surface area contributed by atoms with Crippen molar-refractivity contribution < 1.29 is 13.2 Å². The van der Waals surface area contributed by atoms with Crippen molar-refractivity contribution in [1.29, 1.82) is 0 Å². The third kappa shape index (κ3) is 4.59. The number of likely N-dealkylation sites (tertiary alicyclic amines) is 1. The Bertz CT molecular complexity index is 634. The van der Waals surface area contributed by atoms with E-state index in [0.717, 1.165) is 18.2 Å². The molecule has 8 heteroatoms. The van der Waals surface area contributed by atoms with Gasteiger partial charge in [0.05, 0.1) is 17.5 Å². The highest BCUT2D eigenvalue weighted by Crippen LogP contribution is 2.22. The fourth-order valence-corrected chi connectivity index (χ4v) is 2.84. The van der Waals surface area contributed by atoms with Crippen LogP contribution in [0.15, 0.2) is 18.2 Å². The number of nitrogens with zero attached hydrogens (tertiary/aromatic N) is 1. The molecule has 1 aliphatic heterocycles. The topological polar surface area (TPSA) is 92.5 Å². The van der Waals surface area contributed by atoms with Gasteiger partial charge in [0.2, 0.25) is 10.0 Å². The van der Waals surface area contributed by atoms with Crippen molar-refractivity contribution in [2.45, 2.75) is 19.4 Å². The number of sulfonamides is 1. The monoisotopic (exact) mass is 333 g/mol. The Labute approximate surface area is 131 Å². The van der Waals surface area contributed by atoms with Crippen LogP contribution < -0.4 is 10.5 Å². The average Bonchev–Trinajstić information content (AvgIpc) is 2.76. The summed E-state index contributed by atoms with van der Waals surface area (Å²) in [6.07, 6.45) is 1.83. The third-order valence-electron chi connectivity index (χ3n) is 3.21. The SMILES string of the molecule is Cc1ccc(NS(C)(=O)=O)c(C(=O)N2CC[C@@H](N)C2)c1.Cl. The summed E-state index contributed by atoms with van der Waals surface area (Å²) < 4.78 is 25.1. The summed E-state index contributed by atoms with van der Waals surface area (Å²) in [5, 5.41) is 0. The van der Waals surface area contributed by atoms with E-state index in [0.29, 0.717) is 24.3 Å². The number of amides is 1. The molecule has 1 aromatic carbocycles. The van der Waals surface area contributed by atoms with Crippen LogP contribution in [0.5, 0.6) is 0 Å². The van der Waals surface area contributed by atoms with E-state index in [-0.39, 0.29) is 24.4 Å². The standard InChI is InChI=1S/C13H19N3O3S.ClH/c1-9-3-4-12(15-20(2,18)19)11(7-9)13(17)16-6-5-10(14)8-16;/h3-4,7,10,15H,5-6,8,14H2,1-2H3;1H/t10-;/m1./s1. The first kappa shape index (κ1) is 17.7. The van der Waals surface area contributed by atoms with Gasteiger partial charge in [-0.15, -0.1) is 12.4 Å². The second-order valence-corrected chi connectivity index (χ2v) is 6.97. The number of anilines is 1.